The second-order valence-electron chi connectivity index (χ2n) is 5.45. The molecule has 1 aromatic heterocycles. The molecular weight excluding hydrogens is 264 g/mol. The fraction of sp³-hybridized carbons (Fsp3) is 0.353. The summed E-state index contributed by atoms with van der Waals surface area (Å²) in [5, 5.41) is 19.2. The molecule has 2 rings (SSSR count). The van der Waals surface area contributed by atoms with Crippen LogP contribution in [0.3, 0.4) is 0 Å². The minimum Gasteiger partial charge on any atom is -0.495 e. The fourth-order valence-corrected chi connectivity index (χ4v) is 2.27. The van der Waals surface area contributed by atoms with Gasteiger partial charge in [-0.1, -0.05) is 19.9 Å². The van der Waals surface area contributed by atoms with Crippen molar-refractivity contribution in [1.29, 1.82) is 5.26 Å². The van der Waals surface area contributed by atoms with Crippen LogP contribution in [0.4, 0.5) is 0 Å². The second-order valence-corrected chi connectivity index (χ2v) is 5.45. The molecule has 0 aliphatic carbocycles. The number of hydrogen-bond acceptors (Lipinski definition) is 3. The summed E-state index contributed by atoms with van der Waals surface area (Å²) in [5.74, 6) is 0.775. The van der Waals surface area contributed by atoms with Crippen LogP contribution in [0.5, 0.6) is 5.75 Å². The van der Waals surface area contributed by atoms with E-state index in [-0.39, 0.29) is 5.92 Å². The summed E-state index contributed by atoms with van der Waals surface area (Å²) in [5.41, 5.74) is 2.47. The summed E-state index contributed by atoms with van der Waals surface area (Å²) in [4.78, 5) is 0. The van der Waals surface area contributed by atoms with E-state index in [9.17, 15) is 5.11 Å². The predicted octanol–water partition coefficient (Wildman–Crippen LogP) is 3.11. The number of ether oxygens (including phenoxy) is 1. The van der Waals surface area contributed by atoms with Crippen LogP contribution in [0.2, 0.25) is 0 Å². The summed E-state index contributed by atoms with van der Waals surface area (Å²) in [6.07, 6.45) is 3.44. The first-order valence-electron chi connectivity index (χ1n) is 6.96. The number of rotatable bonds is 5. The van der Waals surface area contributed by atoms with E-state index < -0.39 is 6.10 Å². The van der Waals surface area contributed by atoms with Crippen molar-refractivity contribution in [2.45, 2.75) is 26.5 Å². The number of aliphatic hydroxyl groups is 1. The monoisotopic (exact) mass is 284 g/mol. The number of hydrogen-bond donors (Lipinski definition) is 1. The Labute approximate surface area is 125 Å². The van der Waals surface area contributed by atoms with Gasteiger partial charge in [-0.05, 0) is 35.2 Å². The highest BCUT2D eigenvalue weighted by Crippen LogP contribution is 2.23. The van der Waals surface area contributed by atoms with Crippen LogP contribution in [0.15, 0.2) is 36.7 Å². The van der Waals surface area contributed by atoms with E-state index in [0.717, 1.165) is 11.1 Å². The van der Waals surface area contributed by atoms with Crippen molar-refractivity contribution >= 4 is 0 Å². The molecular formula is C17H20N2O2. The topological polar surface area (TPSA) is 58.2 Å². The van der Waals surface area contributed by atoms with E-state index in [4.69, 9.17) is 10.00 Å². The van der Waals surface area contributed by atoms with Crippen LogP contribution in [-0.4, -0.2) is 16.8 Å². The van der Waals surface area contributed by atoms with Gasteiger partial charge in [0.05, 0.1) is 18.8 Å². The zero-order chi connectivity index (χ0) is 15.4. The van der Waals surface area contributed by atoms with E-state index in [1.54, 1.807) is 13.2 Å². The molecule has 110 valence electrons. The number of nitriles is 1. The van der Waals surface area contributed by atoms with Crippen molar-refractivity contribution in [3.63, 3.8) is 0 Å². The molecule has 0 saturated carbocycles. The zero-order valence-electron chi connectivity index (χ0n) is 12.6. The minimum atomic E-state index is -0.447. The average molecular weight is 284 g/mol. The number of nitrogens with zero attached hydrogens (tertiary/aromatic N) is 2. The van der Waals surface area contributed by atoms with Gasteiger partial charge in [0, 0.05) is 18.9 Å². The van der Waals surface area contributed by atoms with Crippen molar-refractivity contribution in [1.82, 2.24) is 4.57 Å². The van der Waals surface area contributed by atoms with Gasteiger partial charge in [-0.3, -0.25) is 0 Å². The Balaban J connectivity index is 2.17. The lowest BCUT2D eigenvalue weighted by atomic mass is 10.0. The highest BCUT2D eigenvalue weighted by molar-refractivity contribution is 5.45. The maximum absolute atomic E-state index is 10.1. The summed E-state index contributed by atoms with van der Waals surface area (Å²) >= 11 is 0. The van der Waals surface area contributed by atoms with Gasteiger partial charge in [0.25, 0.3) is 0 Å². The maximum Gasteiger partial charge on any atom is 0.136 e. The molecule has 2 aromatic rings. The normalized spacial score (nSPS) is 12.2. The molecule has 21 heavy (non-hydrogen) atoms. The van der Waals surface area contributed by atoms with Gasteiger partial charge in [-0.15, -0.1) is 0 Å². The van der Waals surface area contributed by atoms with Crippen molar-refractivity contribution in [2.75, 3.05) is 7.11 Å². The average Bonchev–Trinajstić information content (AvgIpc) is 2.94. The maximum atomic E-state index is 10.1. The van der Waals surface area contributed by atoms with Crippen molar-refractivity contribution in [2.24, 2.45) is 5.92 Å². The molecule has 1 N–H and O–H groups in total. The standard InChI is InChI=1S/C17H20N2O2/c1-12(2)17(20)14-6-7-19(11-14)10-13-4-5-16(21-3)15(8-13)9-18/h4-8,11-12,17,20H,10H2,1-3H3. The summed E-state index contributed by atoms with van der Waals surface area (Å²) in [7, 11) is 1.56. The fourth-order valence-electron chi connectivity index (χ4n) is 2.27. The van der Waals surface area contributed by atoms with Crippen molar-refractivity contribution in [3.05, 3.63) is 53.3 Å². The van der Waals surface area contributed by atoms with Gasteiger partial charge in [0.1, 0.15) is 11.8 Å². The Morgan fingerprint density at radius 3 is 2.71 bits per heavy atom. The van der Waals surface area contributed by atoms with Gasteiger partial charge in [-0.25, -0.2) is 0 Å². The number of aliphatic hydroxyl groups excluding tert-OH is 1. The first-order valence-corrected chi connectivity index (χ1v) is 6.96. The lowest BCUT2D eigenvalue weighted by Gasteiger charge is -2.12. The molecule has 0 aliphatic rings. The molecule has 0 radical (unpaired) electrons. The Morgan fingerprint density at radius 2 is 2.10 bits per heavy atom. The Bertz CT molecular complexity index is 653. The van der Waals surface area contributed by atoms with E-state index in [2.05, 4.69) is 6.07 Å². The molecule has 0 spiro atoms. The third-order valence-electron chi connectivity index (χ3n) is 3.50. The summed E-state index contributed by atoms with van der Waals surface area (Å²) in [6.45, 7) is 4.64. The van der Waals surface area contributed by atoms with Gasteiger partial charge in [-0.2, -0.15) is 5.26 Å². The predicted molar refractivity (Wildman–Crippen MR) is 81.0 cm³/mol. The minimum absolute atomic E-state index is 0.187. The van der Waals surface area contributed by atoms with E-state index in [0.29, 0.717) is 17.9 Å². The molecule has 0 aliphatic heterocycles. The molecule has 1 aromatic carbocycles. The van der Waals surface area contributed by atoms with E-state index in [1.807, 2.05) is 49.0 Å². The quantitative estimate of drug-likeness (QED) is 0.917. The van der Waals surface area contributed by atoms with Crippen LogP contribution in [0.25, 0.3) is 0 Å². The summed E-state index contributed by atoms with van der Waals surface area (Å²) in [6, 6.07) is 9.65. The first-order chi connectivity index (χ1) is 10.0. The van der Waals surface area contributed by atoms with Gasteiger partial charge >= 0.3 is 0 Å². The van der Waals surface area contributed by atoms with Crippen LogP contribution in [-0.2, 0) is 6.54 Å². The Hall–Kier alpha value is -2.25. The smallest absolute Gasteiger partial charge is 0.136 e. The molecule has 4 heteroatoms. The SMILES string of the molecule is COc1ccc(Cn2ccc(C(O)C(C)C)c2)cc1C#N. The Kier molecular flexibility index (Phi) is 4.66. The van der Waals surface area contributed by atoms with Crippen LogP contribution in [0, 0.1) is 17.2 Å². The first kappa shape index (κ1) is 15.1. The van der Waals surface area contributed by atoms with Gasteiger partial charge < -0.3 is 14.4 Å². The van der Waals surface area contributed by atoms with Crippen LogP contribution in [0.1, 0.15) is 36.6 Å². The lowest BCUT2D eigenvalue weighted by Crippen LogP contribution is -2.04. The molecule has 1 heterocycles. The van der Waals surface area contributed by atoms with Gasteiger partial charge in [0.2, 0.25) is 0 Å². The lowest BCUT2D eigenvalue weighted by molar-refractivity contribution is 0.127. The third kappa shape index (κ3) is 3.45. The number of aromatic nitrogens is 1. The highest BCUT2D eigenvalue weighted by Gasteiger charge is 2.13. The van der Waals surface area contributed by atoms with Crippen molar-refractivity contribution < 1.29 is 9.84 Å². The largest absolute Gasteiger partial charge is 0.495 e. The molecule has 0 saturated heterocycles. The van der Waals surface area contributed by atoms with Crippen LogP contribution >= 0.6 is 0 Å². The number of benzene rings is 1. The third-order valence-corrected chi connectivity index (χ3v) is 3.50. The van der Waals surface area contributed by atoms with E-state index >= 15 is 0 Å². The summed E-state index contributed by atoms with van der Waals surface area (Å²) < 4.78 is 7.14. The Morgan fingerprint density at radius 1 is 1.33 bits per heavy atom. The second kappa shape index (κ2) is 6.47. The highest BCUT2D eigenvalue weighted by atomic mass is 16.5. The zero-order valence-corrected chi connectivity index (χ0v) is 12.6. The van der Waals surface area contributed by atoms with Gasteiger partial charge in [0.15, 0.2) is 0 Å². The molecule has 0 fully saturated rings. The molecule has 4 nitrogen and oxygen atoms in total. The molecule has 0 bridgehead atoms. The van der Waals surface area contributed by atoms with Crippen molar-refractivity contribution in [3.8, 4) is 11.8 Å². The van der Waals surface area contributed by atoms with Crippen LogP contribution < -0.4 is 4.74 Å². The number of methoxy groups -OCH3 is 1. The molecule has 1 unspecified atom stereocenters. The molecule has 0 amide bonds. The van der Waals surface area contributed by atoms with E-state index in [1.165, 1.54) is 0 Å². The molecule has 1 atom stereocenters.